The average Bonchev–Trinajstić information content (AvgIpc) is 3.52. The summed E-state index contributed by atoms with van der Waals surface area (Å²) in [5.74, 6) is 0.700. The Balaban J connectivity index is 1.22. The molecule has 3 nitrogen and oxygen atoms in total. The van der Waals surface area contributed by atoms with E-state index < -0.39 is 5.41 Å². The second kappa shape index (κ2) is 12.5. The van der Waals surface area contributed by atoms with Crippen molar-refractivity contribution in [2.45, 2.75) is 5.41 Å². The van der Waals surface area contributed by atoms with Crippen molar-refractivity contribution in [2.75, 3.05) is 0 Å². The van der Waals surface area contributed by atoms with Gasteiger partial charge in [0.25, 0.3) is 0 Å². The summed E-state index contributed by atoms with van der Waals surface area (Å²) in [6.45, 7) is 7.91. The SMILES string of the molecule is [C-]#[N+]c1ccc2c(c1)C(c1ccccc1)(c1ccccc1)c1cccc(-c3ccc(-c4cc(-c5ccccc5)nc(-c5ccccc5)n4)cc3)c1-2. The molecule has 0 saturated heterocycles. The fourth-order valence-electron chi connectivity index (χ4n) is 7.72. The van der Waals surface area contributed by atoms with E-state index in [0.717, 1.165) is 50.3 Å². The smallest absolute Gasteiger partial charge is 0.187 e. The molecule has 0 atom stereocenters. The second-order valence-corrected chi connectivity index (χ2v) is 12.8. The van der Waals surface area contributed by atoms with Crippen LogP contribution < -0.4 is 0 Å². The van der Waals surface area contributed by atoms with Crippen molar-refractivity contribution in [3.63, 3.8) is 0 Å². The first-order valence-corrected chi connectivity index (χ1v) is 17.1. The molecule has 238 valence electrons. The predicted octanol–water partition coefficient (Wildman–Crippen LogP) is 12.1. The normalized spacial score (nSPS) is 12.5. The standard InChI is InChI=1S/C48H31N3/c1-49-39-29-30-41-43(31-39)48(37-19-10-4-11-20-37,38-21-12-5-13-22-38)42-24-14-23-40(46(41)42)33-25-27-35(28-26-33)45-32-44(34-15-6-2-7-16-34)50-47(51-45)36-17-8-3-9-18-36/h2-32H. The van der Waals surface area contributed by atoms with Crippen molar-refractivity contribution in [3.05, 3.63) is 222 Å². The van der Waals surface area contributed by atoms with Crippen LogP contribution in [-0.2, 0) is 5.41 Å². The van der Waals surface area contributed by atoms with Crippen molar-refractivity contribution in [3.8, 4) is 56.2 Å². The highest BCUT2D eigenvalue weighted by Gasteiger charge is 2.46. The molecule has 3 heteroatoms. The molecule has 51 heavy (non-hydrogen) atoms. The zero-order chi connectivity index (χ0) is 34.2. The van der Waals surface area contributed by atoms with Gasteiger partial charge in [-0.2, -0.15) is 0 Å². The summed E-state index contributed by atoms with van der Waals surface area (Å²) in [5, 5.41) is 0. The molecule has 0 fully saturated rings. The van der Waals surface area contributed by atoms with Gasteiger partial charge in [0.15, 0.2) is 11.5 Å². The summed E-state index contributed by atoms with van der Waals surface area (Å²) in [5.41, 5.74) is 14.2. The maximum absolute atomic E-state index is 7.91. The number of hydrogen-bond donors (Lipinski definition) is 0. The van der Waals surface area contributed by atoms with Gasteiger partial charge in [0.05, 0.1) is 23.4 Å². The molecule has 0 N–H and O–H groups in total. The zero-order valence-corrected chi connectivity index (χ0v) is 27.7. The van der Waals surface area contributed by atoms with E-state index in [4.69, 9.17) is 16.5 Å². The minimum absolute atomic E-state index is 0.577. The van der Waals surface area contributed by atoms with Gasteiger partial charge in [0, 0.05) is 16.7 Å². The van der Waals surface area contributed by atoms with E-state index in [2.05, 4.69) is 150 Å². The van der Waals surface area contributed by atoms with Gasteiger partial charge in [-0.05, 0) is 50.6 Å². The highest BCUT2D eigenvalue weighted by Crippen LogP contribution is 2.58. The van der Waals surface area contributed by atoms with Gasteiger partial charge in [-0.1, -0.05) is 182 Å². The van der Waals surface area contributed by atoms with Crippen LogP contribution in [-0.4, -0.2) is 9.97 Å². The van der Waals surface area contributed by atoms with Crippen molar-refractivity contribution in [1.82, 2.24) is 9.97 Å². The Morgan fingerprint density at radius 3 is 1.53 bits per heavy atom. The minimum Gasteiger partial charge on any atom is -0.238 e. The quantitative estimate of drug-likeness (QED) is 0.168. The van der Waals surface area contributed by atoms with Crippen LogP contribution in [0.5, 0.6) is 0 Å². The highest BCUT2D eigenvalue weighted by molar-refractivity contribution is 5.96. The third-order valence-corrected chi connectivity index (χ3v) is 10.0. The second-order valence-electron chi connectivity index (χ2n) is 12.8. The fraction of sp³-hybridized carbons (Fsp3) is 0.0208. The topological polar surface area (TPSA) is 30.1 Å². The monoisotopic (exact) mass is 649 g/mol. The molecule has 7 aromatic carbocycles. The maximum atomic E-state index is 7.91. The molecule has 0 aliphatic heterocycles. The van der Waals surface area contributed by atoms with Crippen LogP contribution in [0, 0.1) is 6.57 Å². The summed E-state index contributed by atoms with van der Waals surface area (Å²) >= 11 is 0. The molecule has 1 heterocycles. The molecule has 0 amide bonds. The van der Waals surface area contributed by atoms with Gasteiger partial charge >= 0.3 is 0 Å². The van der Waals surface area contributed by atoms with Crippen molar-refractivity contribution < 1.29 is 0 Å². The van der Waals surface area contributed by atoms with Gasteiger partial charge in [0.2, 0.25) is 0 Å². The van der Waals surface area contributed by atoms with Crippen LogP contribution >= 0.6 is 0 Å². The fourth-order valence-corrected chi connectivity index (χ4v) is 7.72. The summed E-state index contributed by atoms with van der Waals surface area (Å²) in [6, 6.07) is 65.5. The number of benzene rings is 7. The zero-order valence-electron chi connectivity index (χ0n) is 27.7. The lowest BCUT2D eigenvalue weighted by molar-refractivity contribution is 0.769. The third kappa shape index (κ3) is 5.05. The Morgan fingerprint density at radius 1 is 0.412 bits per heavy atom. The van der Waals surface area contributed by atoms with Gasteiger partial charge in [0.1, 0.15) is 0 Å². The molecule has 9 rings (SSSR count). The van der Waals surface area contributed by atoms with Crippen LogP contribution in [0.3, 0.4) is 0 Å². The number of hydrogen-bond acceptors (Lipinski definition) is 2. The lowest BCUT2D eigenvalue weighted by Gasteiger charge is -2.34. The molecular weight excluding hydrogens is 619 g/mol. The first kappa shape index (κ1) is 30.2. The summed E-state index contributed by atoms with van der Waals surface area (Å²) in [4.78, 5) is 13.9. The number of nitrogens with zero attached hydrogens (tertiary/aromatic N) is 3. The largest absolute Gasteiger partial charge is 0.238 e. The molecule has 0 radical (unpaired) electrons. The molecule has 0 unspecified atom stereocenters. The van der Waals surface area contributed by atoms with Crippen LogP contribution in [0.2, 0.25) is 0 Å². The molecule has 1 aliphatic rings. The van der Waals surface area contributed by atoms with Crippen molar-refractivity contribution in [1.29, 1.82) is 0 Å². The van der Waals surface area contributed by atoms with E-state index in [1.54, 1.807) is 0 Å². The molecule has 0 spiro atoms. The molecule has 8 aromatic rings. The van der Waals surface area contributed by atoms with Crippen LogP contribution in [0.4, 0.5) is 5.69 Å². The Morgan fingerprint density at radius 2 is 0.941 bits per heavy atom. The van der Waals surface area contributed by atoms with E-state index in [1.807, 2.05) is 42.5 Å². The van der Waals surface area contributed by atoms with Gasteiger partial charge < -0.3 is 0 Å². The Kier molecular flexibility index (Phi) is 7.42. The van der Waals surface area contributed by atoms with E-state index >= 15 is 0 Å². The number of rotatable bonds is 6. The highest BCUT2D eigenvalue weighted by atomic mass is 14.9. The molecule has 1 aliphatic carbocycles. The first-order chi connectivity index (χ1) is 25.2. The maximum Gasteiger partial charge on any atom is 0.187 e. The van der Waals surface area contributed by atoms with Crippen molar-refractivity contribution in [2.24, 2.45) is 0 Å². The lowest BCUT2D eigenvalue weighted by Crippen LogP contribution is -2.28. The van der Waals surface area contributed by atoms with Crippen molar-refractivity contribution >= 4 is 5.69 Å². The third-order valence-electron chi connectivity index (χ3n) is 10.0. The summed E-state index contributed by atoms with van der Waals surface area (Å²) < 4.78 is 0. The van der Waals surface area contributed by atoms with Gasteiger partial charge in [-0.25, -0.2) is 14.8 Å². The molecule has 0 bridgehead atoms. The van der Waals surface area contributed by atoms with E-state index in [-0.39, 0.29) is 0 Å². The Bertz CT molecular complexity index is 2460. The van der Waals surface area contributed by atoms with Crippen LogP contribution in [0.1, 0.15) is 22.3 Å². The van der Waals surface area contributed by atoms with E-state index in [0.29, 0.717) is 11.5 Å². The Labute approximate surface area is 298 Å². The van der Waals surface area contributed by atoms with E-state index in [9.17, 15) is 0 Å². The lowest BCUT2D eigenvalue weighted by atomic mass is 9.67. The van der Waals surface area contributed by atoms with E-state index in [1.165, 1.54) is 22.3 Å². The van der Waals surface area contributed by atoms with Gasteiger partial charge in [-0.15, -0.1) is 0 Å². The van der Waals surface area contributed by atoms with Crippen LogP contribution in [0.15, 0.2) is 188 Å². The molecule has 0 saturated carbocycles. The number of aromatic nitrogens is 2. The molecular formula is C48H31N3. The first-order valence-electron chi connectivity index (χ1n) is 17.1. The minimum atomic E-state index is -0.577. The summed E-state index contributed by atoms with van der Waals surface area (Å²) in [7, 11) is 0. The molecule has 1 aromatic heterocycles. The van der Waals surface area contributed by atoms with Gasteiger partial charge in [-0.3, -0.25) is 0 Å². The Hall–Kier alpha value is -6.89. The summed E-state index contributed by atoms with van der Waals surface area (Å²) in [6.07, 6.45) is 0. The van der Waals surface area contributed by atoms with Crippen LogP contribution in [0.25, 0.3) is 61.0 Å². The predicted molar refractivity (Wildman–Crippen MR) is 207 cm³/mol. The number of fused-ring (bicyclic) bond motifs is 3. The average molecular weight is 650 g/mol.